The van der Waals surface area contributed by atoms with Gasteiger partial charge in [0.2, 0.25) is 10.0 Å². The van der Waals surface area contributed by atoms with Gasteiger partial charge in [0.15, 0.2) is 0 Å². The average molecular weight is 271 g/mol. The van der Waals surface area contributed by atoms with Gasteiger partial charge >= 0.3 is 0 Å². The number of hydrogen-bond acceptors (Lipinski definition) is 4. The zero-order valence-electron chi connectivity index (χ0n) is 10.8. The van der Waals surface area contributed by atoms with E-state index in [0.717, 1.165) is 12.8 Å². The van der Waals surface area contributed by atoms with Crippen molar-refractivity contribution in [1.82, 2.24) is 4.72 Å². The first kappa shape index (κ1) is 14.9. The fourth-order valence-electron chi connectivity index (χ4n) is 1.70. The predicted octanol–water partition coefficient (Wildman–Crippen LogP) is 1.69. The summed E-state index contributed by atoms with van der Waals surface area (Å²) in [6.45, 7) is 4.56. The molecule has 0 saturated carbocycles. The number of rotatable bonds is 7. The number of nitrogens with one attached hydrogen (secondary N) is 2. The molecule has 1 rings (SSSR count). The summed E-state index contributed by atoms with van der Waals surface area (Å²) in [4.78, 5) is 0.179. The minimum absolute atomic E-state index is 0.179. The summed E-state index contributed by atoms with van der Waals surface area (Å²) >= 11 is 0. The number of hydrogen-bond donors (Lipinski definition) is 3. The standard InChI is InChI=1S/C12H21N3O2S/c1-3-10(4-2)9-14-18(16,17)12-8-6-5-7-11(12)15-13/h5-8,10,14-15H,3-4,9,13H2,1-2H3. The molecule has 6 heteroatoms. The zero-order valence-corrected chi connectivity index (χ0v) is 11.6. The maximum Gasteiger partial charge on any atom is 0.242 e. The lowest BCUT2D eigenvalue weighted by Gasteiger charge is -2.15. The van der Waals surface area contributed by atoms with Crippen LogP contribution < -0.4 is 16.0 Å². The lowest BCUT2D eigenvalue weighted by Crippen LogP contribution is -2.30. The Hall–Kier alpha value is -1.11. The van der Waals surface area contributed by atoms with Gasteiger partial charge < -0.3 is 5.43 Å². The predicted molar refractivity (Wildman–Crippen MR) is 73.5 cm³/mol. The molecule has 5 nitrogen and oxygen atoms in total. The van der Waals surface area contributed by atoms with E-state index in [2.05, 4.69) is 24.0 Å². The third-order valence-electron chi connectivity index (χ3n) is 3.05. The Labute approximate surface area is 109 Å². The second-order valence-electron chi connectivity index (χ2n) is 4.17. The summed E-state index contributed by atoms with van der Waals surface area (Å²) in [6, 6.07) is 6.57. The SMILES string of the molecule is CCC(CC)CNS(=O)(=O)c1ccccc1NN. The van der Waals surface area contributed by atoms with Crippen LogP contribution in [-0.4, -0.2) is 15.0 Å². The Balaban J connectivity index is 2.86. The van der Waals surface area contributed by atoms with Crippen molar-refractivity contribution in [2.24, 2.45) is 11.8 Å². The minimum Gasteiger partial charge on any atom is -0.323 e. The molecule has 0 radical (unpaired) electrons. The third-order valence-corrected chi connectivity index (χ3v) is 4.53. The maximum absolute atomic E-state index is 12.1. The van der Waals surface area contributed by atoms with Crippen molar-refractivity contribution < 1.29 is 8.42 Å². The van der Waals surface area contributed by atoms with Gasteiger partial charge in [0, 0.05) is 6.54 Å². The van der Waals surface area contributed by atoms with Crippen LogP contribution in [0.3, 0.4) is 0 Å². The van der Waals surface area contributed by atoms with Crippen LogP contribution in [0.15, 0.2) is 29.2 Å². The molecule has 0 spiro atoms. The molecule has 1 aromatic carbocycles. The number of benzene rings is 1. The van der Waals surface area contributed by atoms with Gasteiger partial charge in [-0.25, -0.2) is 13.1 Å². The number of sulfonamides is 1. The molecular weight excluding hydrogens is 250 g/mol. The van der Waals surface area contributed by atoms with E-state index >= 15 is 0 Å². The monoisotopic (exact) mass is 271 g/mol. The first-order valence-electron chi connectivity index (χ1n) is 6.10. The summed E-state index contributed by atoms with van der Waals surface area (Å²) < 4.78 is 26.9. The van der Waals surface area contributed by atoms with E-state index in [4.69, 9.17) is 5.84 Å². The van der Waals surface area contributed by atoms with Crippen molar-refractivity contribution in [1.29, 1.82) is 0 Å². The molecule has 0 fully saturated rings. The molecule has 1 aromatic rings. The molecule has 0 unspecified atom stereocenters. The van der Waals surface area contributed by atoms with Crippen LogP contribution in [-0.2, 0) is 10.0 Å². The topological polar surface area (TPSA) is 84.2 Å². The van der Waals surface area contributed by atoms with E-state index in [1.807, 2.05) is 0 Å². The first-order valence-corrected chi connectivity index (χ1v) is 7.58. The summed E-state index contributed by atoms with van der Waals surface area (Å²) in [5.74, 6) is 5.67. The van der Waals surface area contributed by atoms with Crippen molar-refractivity contribution >= 4 is 15.7 Å². The van der Waals surface area contributed by atoms with Gasteiger partial charge in [0.1, 0.15) is 4.90 Å². The van der Waals surface area contributed by atoms with Crippen molar-refractivity contribution in [3.05, 3.63) is 24.3 Å². The highest BCUT2D eigenvalue weighted by molar-refractivity contribution is 7.89. The quantitative estimate of drug-likeness (QED) is 0.520. The van der Waals surface area contributed by atoms with Crippen LogP contribution in [0.5, 0.6) is 0 Å². The van der Waals surface area contributed by atoms with E-state index in [-0.39, 0.29) is 4.90 Å². The van der Waals surface area contributed by atoms with Gasteiger partial charge in [-0.1, -0.05) is 38.8 Å². The lowest BCUT2D eigenvalue weighted by atomic mass is 10.0. The smallest absolute Gasteiger partial charge is 0.242 e. The highest BCUT2D eigenvalue weighted by Crippen LogP contribution is 2.19. The lowest BCUT2D eigenvalue weighted by molar-refractivity contribution is 0.479. The second-order valence-corrected chi connectivity index (χ2v) is 5.91. The molecule has 0 aliphatic rings. The second kappa shape index (κ2) is 6.72. The third kappa shape index (κ3) is 3.69. The van der Waals surface area contributed by atoms with E-state index < -0.39 is 10.0 Å². The number of nitrogens with two attached hydrogens (primary N) is 1. The van der Waals surface area contributed by atoms with Crippen molar-refractivity contribution in [2.75, 3.05) is 12.0 Å². The molecule has 102 valence electrons. The van der Waals surface area contributed by atoms with Crippen molar-refractivity contribution in [3.63, 3.8) is 0 Å². The fraction of sp³-hybridized carbons (Fsp3) is 0.500. The summed E-state index contributed by atoms with van der Waals surface area (Å²) in [5, 5.41) is 0. The molecule has 0 bridgehead atoms. The summed E-state index contributed by atoms with van der Waals surface area (Å²) in [5.41, 5.74) is 2.80. The maximum atomic E-state index is 12.1. The average Bonchev–Trinajstić information content (AvgIpc) is 2.39. The highest BCUT2D eigenvalue weighted by Gasteiger charge is 2.18. The Bertz CT molecular complexity index is 470. The molecule has 0 atom stereocenters. The molecule has 0 saturated heterocycles. The van der Waals surface area contributed by atoms with Gasteiger partial charge in [0.25, 0.3) is 0 Å². The van der Waals surface area contributed by atoms with Crippen LogP contribution >= 0.6 is 0 Å². The zero-order chi connectivity index (χ0) is 13.6. The fourth-order valence-corrected chi connectivity index (χ4v) is 2.99. The molecule has 0 aromatic heterocycles. The number of anilines is 1. The Morgan fingerprint density at radius 3 is 2.39 bits per heavy atom. The Morgan fingerprint density at radius 1 is 1.22 bits per heavy atom. The van der Waals surface area contributed by atoms with E-state index in [1.165, 1.54) is 6.07 Å². The van der Waals surface area contributed by atoms with Crippen molar-refractivity contribution in [3.8, 4) is 0 Å². The van der Waals surface area contributed by atoms with Gasteiger partial charge in [-0.15, -0.1) is 0 Å². The van der Waals surface area contributed by atoms with E-state index in [1.54, 1.807) is 18.2 Å². The summed E-state index contributed by atoms with van der Waals surface area (Å²) in [7, 11) is -3.51. The molecular formula is C12H21N3O2S. The largest absolute Gasteiger partial charge is 0.323 e. The molecule has 0 heterocycles. The minimum atomic E-state index is -3.51. The molecule has 18 heavy (non-hydrogen) atoms. The molecule has 0 aliphatic heterocycles. The number of nitrogen functional groups attached to an aromatic ring is 1. The van der Waals surface area contributed by atoms with Crippen LogP contribution in [0.4, 0.5) is 5.69 Å². The van der Waals surface area contributed by atoms with E-state index in [9.17, 15) is 8.42 Å². The van der Waals surface area contributed by atoms with Crippen LogP contribution in [0, 0.1) is 5.92 Å². The van der Waals surface area contributed by atoms with Gasteiger partial charge in [-0.3, -0.25) is 5.84 Å². The van der Waals surface area contributed by atoms with Crippen LogP contribution in [0.25, 0.3) is 0 Å². The van der Waals surface area contributed by atoms with Gasteiger partial charge in [-0.2, -0.15) is 0 Å². The van der Waals surface area contributed by atoms with Crippen LogP contribution in [0.1, 0.15) is 26.7 Å². The molecule has 0 aliphatic carbocycles. The Morgan fingerprint density at radius 2 is 1.83 bits per heavy atom. The molecule has 4 N–H and O–H groups in total. The first-order chi connectivity index (χ1) is 8.55. The Kier molecular flexibility index (Phi) is 5.58. The van der Waals surface area contributed by atoms with Gasteiger partial charge in [0.05, 0.1) is 5.69 Å². The normalized spacial score (nSPS) is 11.8. The highest BCUT2D eigenvalue weighted by atomic mass is 32.2. The molecule has 0 amide bonds. The van der Waals surface area contributed by atoms with Crippen molar-refractivity contribution in [2.45, 2.75) is 31.6 Å². The van der Waals surface area contributed by atoms with E-state index in [0.29, 0.717) is 18.2 Å². The van der Waals surface area contributed by atoms with Gasteiger partial charge in [-0.05, 0) is 18.1 Å². The summed E-state index contributed by atoms with van der Waals surface area (Å²) in [6.07, 6.45) is 1.91. The van der Waals surface area contributed by atoms with Crippen LogP contribution in [0.2, 0.25) is 0 Å². The number of para-hydroxylation sites is 1. The number of hydrazine groups is 1.